The van der Waals surface area contributed by atoms with Crippen LogP contribution in [0, 0.1) is 0 Å². The van der Waals surface area contributed by atoms with E-state index in [2.05, 4.69) is 12.6 Å². The predicted octanol–water partition coefficient (Wildman–Crippen LogP) is 3.37. The molecule has 0 bridgehead atoms. The topological polar surface area (TPSA) is 9.23 Å². The number of ether oxygens (including phenoxy) is 1. The zero-order valence-corrected chi connectivity index (χ0v) is 8.79. The highest BCUT2D eigenvalue weighted by Crippen LogP contribution is 2.14. The minimum absolute atomic E-state index is 0.228. The molecule has 70 valence electrons. The van der Waals surface area contributed by atoms with Gasteiger partial charge in [-0.15, -0.1) is 0 Å². The molecule has 1 nitrogen and oxygen atoms in total. The van der Waals surface area contributed by atoms with Gasteiger partial charge in [0.15, 0.2) is 0 Å². The van der Waals surface area contributed by atoms with Crippen molar-refractivity contribution in [1.29, 1.82) is 0 Å². The van der Waals surface area contributed by atoms with Crippen LogP contribution in [0.3, 0.4) is 0 Å². The van der Waals surface area contributed by atoms with Gasteiger partial charge in [0, 0.05) is 0 Å². The Morgan fingerprint density at radius 3 is 2.31 bits per heavy atom. The largest absolute Gasteiger partial charge is 0.491 e. The molecule has 2 heteroatoms. The predicted molar refractivity (Wildman–Crippen MR) is 60.2 cm³/mol. The molecule has 0 N–H and O–H groups in total. The van der Waals surface area contributed by atoms with Crippen molar-refractivity contribution in [3.05, 3.63) is 35.2 Å². The Balaban J connectivity index is 2.69. The molecule has 0 saturated heterocycles. The summed E-state index contributed by atoms with van der Waals surface area (Å²) in [5.41, 5.74) is 1.13. The molecule has 1 aromatic carbocycles. The first-order valence-electron chi connectivity index (χ1n) is 4.30. The number of hydrogen-bond acceptors (Lipinski definition) is 2. The van der Waals surface area contributed by atoms with Crippen LogP contribution in [0.1, 0.15) is 19.4 Å². The third kappa shape index (κ3) is 3.55. The van der Waals surface area contributed by atoms with Gasteiger partial charge in [0.25, 0.3) is 0 Å². The number of hydrogen-bond donors (Lipinski definition) is 1. The van der Waals surface area contributed by atoms with E-state index in [0.717, 1.165) is 11.3 Å². The molecule has 0 saturated carbocycles. The Kier molecular flexibility index (Phi) is 3.90. The van der Waals surface area contributed by atoms with Crippen LogP contribution in [0.5, 0.6) is 5.75 Å². The maximum Gasteiger partial charge on any atom is 0.119 e. The minimum Gasteiger partial charge on any atom is -0.491 e. The molecular weight excluding hydrogens is 180 g/mol. The summed E-state index contributed by atoms with van der Waals surface area (Å²) in [4.78, 5) is 0. The highest BCUT2D eigenvalue weighted by molar-refractivity contribution is 7.83. The SMILES string of the molecule is CC(C)Oc1ccc(/C=C/S)cc1. The van der Waals surface area contributed by atoms with Gasteiger partial charge in [0.1, 0.15) is 5.75 Å². The van der Waals surface area contributed by atoms with E-state index in [1.165, 1.54) is 0 Å². The smallest absolute Gasteiger partial charge is 0.119 e. The van der Waals surface area contributed by atoms with E-state index in [1.807, 2.05) is 44.2 Å². The van der Waals surface area contributed by atoms with E-state index in [0.29, 0.717) is 0 Å². The summed E-state index contributed by atoms with van der Waals surface area (Å²) in [5.74, 6) is 0.909. The maximum atomic E-state index is 5.50. The normalized spacial score (nSPS) is 11.1. The third-order valence-corrected chi connectivity index (χ3v) is 1.67. The van der Waals surface area contributed by atoms with Gasteiger partial charge in [-0.2, -0.15) is 12.6 Å². The van der Waals surface area contributed by atoms with Gasteiger partial charge in [0.2, 0.25) is 0 Å². The van der Waals surface area contributed by atoms with Crippen LogP contribution in [0.2, 0.25) is 0 Å². The molecule has 13 heavy (non-hydrogen) atoms. The summed E-state index contributed by atoms with van der Waals surface area (Å²) < 4.78 is 5.50. The summed E-state index contributed by atoms with van der Waals surface area (Å²) in [6, 6.07) is 7.93. The molecule has 0 unspecified atom stereocenters. The van der Waals surface area contributed by atoms with Crippen LogP contribution in [0.25, 0.3) is 6.08 Å². The van der Waals surface area contributed by atoms with Crippen molar-refractivity contribution >= 4 is 18.7 Å². The van der Waals surface area contributed by atoms with E-state index >= 15 is 0 Å². The van der Waals surface area contributed by atoms with Crippen molar-refractivity contribution in [1.82, 2.24) is 0 Å². The molecule has 0 fully saturated rings. The van der Waals surface area contributed by atoms with Crippen molar-refractivity contribution in [2.24, 2.45) is 0 Å². The average Bonchev–Trinajstić information content (AvgIpc) is 2.08. The molecule has 1 aromatic rings. The van der Waals surface area contributed by atoms with E-state index < -0.39 is 0 Å². The van der Waals surface area contributed by atoms with Crippen molar-refractivity contribution in [3.8, 4) is 5.75 Å². The molecule has 0 amide bonds. The van der Waals surface area contributed by atoms with Crippen LogP contribution >= 0.6 is 12.6 Å². The summed E-state index contributed by atoms with van der Waals surface area (Å²) in [5, 5.41) is 1.72. The van der Waals surface area contributed by atoms with Crippen molar-refractivity contribution in [2.45, 2.75) is 20.0 Å². The third-order valence-electron chi connectivity index (χ3n) is 1.52. The maximum absolute atomic E-state index is 5.50. The van der Waals surface area contributed by atoms with Gasteiger partial charge < -0.3 is 4.74 Å². The number of rotatable bonds is 3. The van der Waals surface area contributed by atoms with Gasteiger partial charge in [-0.3, -0.25) is 0 Å². The fraction of sp³-hybridized carbons (Fsp3) is 0.273. The Morgan fingerprint density at radius 1 is 1.23 bits per heavy atom. The second kappa shape index (κ2) is 4.97. The standard InChI is InChI=1S/C11H14OS/c1-9(2)12-11-5-3-10(4-6-11)7-8-13/h3-9,13H,1-2H3/b8-7+. The van der Waals surface area contributed by atoms with Crippen molar-refractivity contribution in [2.75, 3.05) is 0 Å². The summed E-state index contributed by atoms with van der Waals surface area (Å²) in [6.07, 6.45) is 2.16. The zero-order valence-electron chi connectivity index (χ0n) is 7.90. The highest BCUT2D eigenvalue weighted by atomic mass is 32.1. The second-order valence-electron chi connectivity index (χ2n) is 3.05. The van der Waals surface area contributed by atoms with Crippen LogP contribution < -0.4 is 4.74 Å². The second-order valence-corrected chi connectivity index (χ2v) is 3.35. The first kappa shape index (κ1) is 10.2. The fourth-order valence-electron chi connectivity index (χ4n) is 1.02. The monoisotopic (exact) mass is 194 g/mol. The van der Waals surface area contributed by atoms with E-state index in [9.17, 15) is 0 Å². The van der Waals surface area contributed by atoms with Crippen LogP contribution in [-0.2, 0) is 0 Å². The van der Waals surface area contributed by atoms with Crippen LogP contribution in [0.4, 0.5) is 0 Å². The molecule has 0 aliphatic carbocycles. The highest BCUT2D eigenvalue weighted by Gasteiger charge is 1.95. The lowest BCUT2D eigenvalue weighted by Crippen LogP contribution is -2.05. The van der Waals surface area contributed by atoms with Gasteiger partial charge in [0.05, 0.1) is 6.10 Å². The van der Waals surface area contributed by atoms with E-state index in [1.54, 1.807) is 5.41 Å². The first-order valence-corrected chi connectivity index (χ1v) is 4.81. The lowest BCUT2D eigenvalue weighted by atomic mass is 10.2. The fourth-order valence-corrected chi connectivity index (χ4v) is 1.19. The minimum atomic E-state index is 0.228. The Morgan fingerprint density at radius 2 is 1.85 bits per heavy atom. The molecule has 0 atom stereocenters. The van der Waals surface area contributed by atoms with Crippen LogP contribution in [0.15, 0.2) is 29.7 Å². The Hall–Kier alpha value is -0.890. The number of thiol groups is 1. The van der Waals surface area contributed by atoms with Gasteiger partial charge in [-0.05, 0) is 43.0 Å². The quantitative estimate of drug-likeness (QED) is 0.726. The lowest BCUT2D eigenvalue weighted by Gasteiger charge is -2.09. The van der Waals surface area contributed by atoms with Gasteiger partial charge in [-0.1, -0.05) is 12.1 Å². The molecule has 0 aliphatic rings. The van der Waals surface area contributed by atoms with E-state index in [4.69, 9.17) is 4.74 Å². The first-order chi connectivity index (χ1) is 6.22. The number of benzene rings is 1. The summed E-state index contributed by atoms with van der Waals surface area (Å²) in [6.45, 7) is 4.03. The summed E-state index contributed by atoms with van der Waals surface area (Å²) in [7, 11) is 0. The molecule has 1 rings (SSSR count). The molecule has 0 radical (unpaired) electrons. The molecular formula is C11H14OS. The molecule has 0 spiro atoms. The Labute approximate surface area is 84.8 Å². The average molecular weight is 194 g/mol. The van der Waals surface area contributed by atoms with Crippen LogP contribution in [-0.4, -0.2) is 6.10 Å². The molecule has 0 aliphatic heterocycles. The Bertz CT molecular complexity index is 275. The summed E-state index contributed by atoms with van der Waals surface area (Å²) >= 11 is 4.00. The molecule has 0 heterocycles. The van der Waals surface area contributed by atoms with Gasteiger partial charge >= 0.3 is 0 Å². The lowest BCUT2D eigenvalue weighted by molar-refractivity contribution is 0.242. The zero-order chi connectivity index (χ0) is 9.68. The van der Waals surface area contributed by atoms with Crippen molar-refractivity contribution < 1.29 is 4.74 Å². The van der Waals surface area contributed by atoms with Crippen molar-refractivity contribution in [3.63, 3.8) is 0 Å². The van der Waals surface area contributed by atoms with Gasteiger partial charge in [-0.25, -0.2) is 0 Å². The molecule has 0 aromatic heterocycles. The van der Waals surface area contributed by atoms with E-state index in [-0.39, 0.29) is 6.10 Å².